The van der Waals surface area contributed by atoms with E-state index in [4.69, 9.17) is 0 Å². The molecule has 0 bridgehead atoms. The number of benzene rings is 1. The van der Waals surface area contributed by atoms with Gasteiger partial charge in [-0.15, -0.1) is 0 Å². The van der Waals surface area contributed by atoms with Crippen LogP contribution in [0.25, 0.3) is 10.9 Å². The van der Waals surface area contributed by atoms with Gasteiger partial charge in [-0.1, -0.05) is 0 Å². The zero-order chi connectivity index (χ0) is 17.4. The highest BCUT2D eigenvalue weighted by atomic mass is 19.1. The number of Topliss-reactive ketones (excluding diaryl/α,β-unsaturated/α-hetero) is 1. The molecule has 0 amide bonds. The van der Waals surface area contributed by atoms with Gasteiger partial charge in [0, 0.05) is 29.6 Å². The molecule has 0 aliphatic rings. The Balaban J connectivity index is 1.98. The Hall–Kier alpha value is -2.76. The van der Waals surface area contributed by atoms with Crippen LogP contribution in [0.3, 0.4) is 0 Å². The number of rotatable bonds is 4. The van der Waals surface area contributed by atoms with Gasteiger partial charge in [0.1, 0.15) is 5.82 Å². The van der Waals surface area contributed by atoms with Crippen LogP contribution in [0.1, 0.15) is 28.7 Å². The highest BCUT2D eigenvalue weighted by molar-refractivity contribution is 5.97. The van der Waals surface area contributed by atoms with Crippen molar-refractivity contribution in [3.63, 3.8) is 0 Å². The number of nitrogens with zero attached hydrogens (tertiary/aromatic N) is 3. The summed E-state index contributed by atoms with van der Waals surface area (Å²) in [5.74, 6) is -0.594. The fraction of sp³-hybridized carbons (Fsp3) is 0.278. The standard InChI is InChI=1S/C18H18FN3O2/c1-4-22-11(2)7-15(12(22)3)17(23)9-21-10-20-16-8-13(19)5-6-14(16)18(21)24/h5-8,10H,4,9H2,1-3H3. The molecule has 0 saturated carbocycles. The first-order valence-electron chi connectivity index (χ1n) is 7.77. The molecular weight excluding hydrogens is 309 g/mol. The molecule has 3 aromatic rings. The van der Waals surface area contributed by atoms with Gasteiger partial charge in [0.15, 0.2) is 5.78 Å². The number of hydrogen-bond acceptors (Lipinski definition) is 3. The molecule has 0 radical (unpaired) electrons. The molecule has 124 valence electrons. The predicted octanol–water partition coefficient (Wildman–Crippen LogP) is 2.86. The van der Waals surface area contributed by atoms with E-state index in [0.717, 1.165) is 17.9 Å². The zero-order valence-corrected chi connectivity index (χ0v) is 13.8. The molecule has 0 aliphatic carbocycles. The van der Waals surface area contributed by atoms with Crippen LogP contribution in [0.15, 0.2) is 35.4 Å². The topological polar surface area (TPSA) is 56.9 Å². The third-order valence-corrected chi connectivity index (χ3v) is 4.29. The van der Waals surface area contributed by atoms with Gasteiger partial charge in [-0.25, -0.2) is 9.37 Å². The Kier molecular flexibility index (Phi) is 4.05. The average molecular weight is 327 g/mol. The first-order valence-corrected chi connectivity index (χ1v) is 7.77. The minimum Gasteiger partial charge on any atom is -0.349 e. The van der Waals surface area contributed by atoms with E-state index in [1.54, 1.807) is 0 Å². The molecular formula is C18H18FN3O2. The van der Waals surface area contributed by atoms with Gasteiger partial charge in [-0.2, -0.15) is 0 Å². The SMILES string of the molecule is CCn1c(C)cc(C(=O)Cn2cnc3cc(F)ccc3c2=O)c1C. The highest BCUT2D eigenvalue weighted by Gasteiger charge is 2.16. The minimum absolute atomic E-state index is 0.0901. The normalized spacial score (nSPS) is 11.2. The molecule has 5 nitrogen and oxygen atoms in total. The zero-order valence-electron chi connectivity index (χ0n) is 13.8. The molecule has 0 fully saturated rings. The van der Waals surface area contributed by atoms with Gasteiger partial charge < -0.3 is 4.57 Å². The second-order valence-corrected chi connectivity index (χ2v) is 5.79. The monoisotopic (exact) mass is 327 g/mol. The molecule has 0 unspecified atom stereocenters. The number of ketones is 1. The Morgan fingerprint density at radius 3 is 2.67 bits per heavy atom. The van der Waals surface area contributed by atoms with E-state index in [9.17, 15) is 14.0 Å². The van der Waals surface area contributed by atoms with Crippen molar-refractivity contribution in [1.29, 1.82) is 0 Å². The van der Waals surface area contributed by atoms with Crippen molar-refractivity contribution in [2.24, 2.45) is 0 Å². The maximum Gasteiger partial charge on any atom is 0.261 e. The maximum atomic E-state index is 13.2. The fourth-order valence-corrected chi connectivity index (χ4v) is 3.05. The van der Waals surface area contributed by atoms with E-state index in [2.05, 4.69) is 9.55 Å². The van der Waals surface area contributed by atoms with Crippen LogP contribution in [0.5, 0.6) is 0 Å². The second-order valence-electron chi connectivity index (χ2n) is 5.79. The number of aromatic nitrogens is 3. The lowest BCUT2D eigenvalue weighted by atomic mass is 10.1. The highest BCUT2D eigenvalue weighted by Crippen LogP contribution is 2.16. The number of aryl methyl sites for hydroxylation is 1. The number of carbonyl (C=O) groups is 1. The number of hydrogen-bond donors (Lipinski definition) is 0. The van der Waals surface area contributed by atoms with Crippen LogP contribution < -0.4 is 5.56 Å². The molecule has 24 heavy (non-hydrogen) atoms. The van der Waals surface area contributed by atoms with Gasteiger partial charge in [0.2, 0.25) is 0 Å². The van der Waals surface area contributed by atoms with Crippen LogP contribution in [-0.2, 0) is 13.1 Å². The van der Waals surface area contributed by atoms with Gasteiger partial charge in [-0.05, 0) is 39.0 Å². The summed E-state index contributed by atoms with van der Waals surface area (Å²) in [7, 11) is 0. The van der Waals surface area contributed by atoms with Crippen LogP contribution in [0, 0.1) is 19.7 Å². The summed E-state index contributed by atoms with van der Waals surface area (Å²) >= 11 is 0. The summed E-state index contributed by atoms with van der Waals surface area (Å²) < 4.78 is 16.5. The van der Waals surface area contributed by atoms with E-state index < -0.39 is 5.82 Å². The number of carbonyl (C=O) groups excluding carboxylic acids is 1. The number of fused-ring (bicyclic) bond motifs is 1. The Labute approximate surface area is 138 Å². The predicted molar refractivity (Wildman–Crippen MR) is 89.9 cm³/mol. The summed E-state index contributed by atoms with van der Waals surface area (Å²) in [4.78, 5) is 29.1. The second kappa shape index (κ2) is 6.03. The van der Waals surface area contributed by atoms with E-state index in [0.29, 0.717) is 10.9 Å². The molecule has 2 heterocycles. The average Bonchev–Trinajstić information content (AvgIpc) is 2.84. The largest absolute Gasteiger partial charge is 0.349 e. The molecule has 0 aliphatic heterocycles. The van der Waals surface area contributed by atoms with Crippen molar-refractivity contribution in [3.8, 4) is 0 Å². The van der Waals surface area contributed by atoms with Crippen molar-refractivity contribution in [2.75, 3.05) is 0 Å². The van der Waals surface area contributed by atoms with Gasteiger partial charge in [-0.3, -0.25) is 14.2 Å². The number of halogens is 1. The van der Waals surface area contributed by atoms with Crippen LogP contribution in [0.2, 0.25) is 0 Å². The summed E-state index contributed by atoms with van der Waals surface area (Å²) in [6.07, 6.45) is 1.29. The molecule has 1 aromatic carbocycles. The third-order valence-electron chi connectivity index (χ3n) is 4.29. The lowest BCUT2D eigenvalue weighted by Crippen LogP contribution is -2.25. The third kappa shape index (κ3) is 2.64. The van der Waals surface area contributed by atoms with Crippen LogP contribution >= 0.6 is 0 Å². The quantitative estimate of drug-likeness (QED) is 0.692. The molecule has 2 aromatic heterocycles. The van der Waals surface area contributed by atoms with Crippen molar-refractivity contribution in [2.45, 2.75) is 33.9 Å². The Morgan fingerprint density at radius 1 is 1.25 bits per heavy atom. The smallest absolute Gasteiger partial charge is 0.261 e. The molecule has 0 atom stereocenters. The molecule has 6 heteroatoms. The van der Waals surface area contributed by atoms with Crippen molar-refractivity contribution in [3.05, 3.63) is 63.7 Å². The molecule has 0 spiro atoms. The first-order chi connectivity index (χ1) is 11.4. The van der Waals surface area contributed by atoms with E-state index in [-0.39, 0.29) is 23.4 Å². The van der Waals surface area contributed by atoms with E-state index >= 15 is 0 Å². The van der Waals surface area contributed by atoms with Gasteiger partial charge in [0.25, 0.3) is 5.56 Å². The summed E-state index contributed by atoms with van der Waals surface area (Å²) in [6, 6.07) is 5.66. The molecule has 0 N–H and O–H groups in total. The van der Waals surface area contributed by atoms with Crippen molar-refractivity contribution < 1.29 is 9.18 Å². The lowest BCUT2D eigenvalue weighted by Gasteiger charge is -2.07. The van der Waals surface area contributed by atoms with Crippen molar-refractivity contribution in [1.82, 2.24) is 14.1 Å². The van der Waals surface area contributed by atoms with E-state index in [1.807, 2.05) is 26.8 Å². The Bertz CT molecular complexity index is 1000. The lowest BCUT2D eigenvalue weighted by molar-refractivity contribution is 0.0970. The van der Waals surface area contributed by atoms with Gasteiger partial charge in [0.05, 0.1) is 23.8 Å². The minimum atomic E-state index is -0.449. The summed E-state index contributed by atoms with van der Waals surface area (Å²) in [5.41, 5.74) is 2.45. The van der Waals surface area contributed by atoms with Gasteiger partial charge >= 0.3 is 0 Å². The van der Waals surface area contributed by atoms with Crippen LogP contribution in [0.4, 0.5) is 4.39 Å². The van der Waals surface area contributed by atoms with Crippen LogP contribution in [-0.4, -0.2) is 19.9 Å². The fourth-order valence-electron chi connectivity index (χ4n) is 3.05. The van der Waals surface area contributed by atoms with E-state index in [1.165, 1.54) is 29.1 Å². The summed E-state index contributed by atoms with van der Waals surface area (Å²) in [6.45, 7) is 6.56. The molecule has 0 saturated heterocycles. The Morgan fingerprint density at radius 2 is 2.00 bits per heavy atom. The van der Waals surface area contributed by atoms with Crippen molar-refractivity contribution >= 4 is 16.7 Å². The molecule has 3 rings (SSSR count). The first kappa shape index (κ1) is 16.1. The summed E-state index contributed by atoms with van der Waals surface area (Å²) in [5, 5.41) is 0.297. The maximum absolute atomic E-state index is 13.2.